The van der Waals surface area contributed by atoms with Crippen molar-refractivity contribution in [3.05, 3.63) is 34.9 Å². The Bertz CT molecular complexity index is 415. The fourth-order valence-electron chi connectivity index (χ4n) is 1.66. The fourth-order valence-corrected chi connectivity index (χ4v) is 1.66. The van der Waals surface area contributed by atoms with Gasteiger partial charge >= 0.3 is 6.18 Å². The molecule has 0 heterocycles. The molecule has 2 unspecified atom stereocenters. The lowest BCUT2D eigenvalue weighted by atomic mass is 9.85. The minimum atomic E-state index is -4.80. The molecular weight excluding hydrogens is 231 g/mol. The van der Waals surface area contributed by atoms with Gasteiger partial charge in [-0.3, -0.25) is 0 Å². The number of benzene rings is 1. The third kappa shape index (κ3) is 2.30. The molecule has 0 saturated carbocycles. The van der Waals surface area contributed by atoms with E-state index in [0.29, 0.717) is 5.56 Å². The van der Waals surface area contributed by atoms with Crippen molar-refractivity contribution in [1.82, 2.24) is 0 Å². The predicted octanol–water partition coefficient (Wildman–Crippen LogP) is 2.40. The van der Waals surface area contributed by atoms with Crippen LogP contribution in [0.5, 0.6) is 0 Å². The van der Waals surface area contributed by atoms with Crippen molar-refractivity contribution in [1.29, 1.82) is 0 Å². The molecule has 2 nitrogen and oxygen atoms in total. The number of aryl methyl sites for hydroxylation is 2. The van der Waals surface area contributed by atoms with E-state index in [1.807, 2.05) is 0 Å². The largest absolute Gasteiger partial charge is 0.422 e. The molecule has 0 aliphatic rings. The first kappa shape index (κ1) is 14.0. The van der Waals surface area contributed by atoms with Crippen LogP contribution in [0.25, 0.3) is 0 Å². The summed E-state index contributed by atoms with van der Waals surface area (Å²) in [5, 5.41) is 9.86. The van der Waals surface area contributed by atoms with E-state index < -0.39 is 17.8 Å². The normalized spacial score (nSPS) is 17.6. The van der Waals surface area contributed by atoms with Crippen LogP contribution in [0.3, 0.4) is 0 Å². The van der Waals surface area contributed by atoms with Crippen LogP contribution in [0.2, 0.25) is 0 Å². The lowest BCUT2D eigenvalue weighted by Gasteiger charge is -2.34. The van der Waals surface area contributed by atoms with Crippen LogP contribution < -0.4 is 5.73 Å². The molecule has 0 radical (unpaired) electrons. The molecule has 0 bridgehead atoms. The van der Waals surface area contributed by atoms with Gasteiger partial charge in [0.2, 0.25) is 5.60 Å². The molecular formula is C12H16F3NO. The van der Waals surface area contributed by atoms with Gasteiger partial charge in [-0.15, -0.1) is 0 Å². The predicted molar refractivity (Wildman–Crippen MR) is 59.5 cm³/mol. The summed E-state index contributed by atoms with van der Waals surface area (Å²) >= 11 is 0. The summed E-state index contributed by atoms with van der Waals surface area (Å²) < 4.78 is 38.8. The molecule has 2 atom stereocenters. The summed E-state index contributed by atoms with van der Waals surface area (Å²) in [4.78, 5) is 0. The fraction of sp³-hybridized carbons (Fsp3) is 0.500. The second-order valence-corrected chi connectivity index (χ2v) is 4.35. The van der Waals surface area contributed by atoms with Gasteiger partial charge in [0.1, 0.15) is 0 Å². The lowest BCUT2D eigenvalue weighted by molar-refractivity contribution is -0.272. The zero-order valence-corrected chi connectivity index (χ0v) is 9.97. The molecule has 96 valence electrons. The molecule has 0 aliphatic carbocycles. The maximum Gasteiger partial charge on any atom is 0.422 e. The number of nitrogens with two attached hydrogens (primary N) is 1. The summed E-state index contributed by atoms with van der Waals surface area (Å²) in [7, 11) is 0. The Hall–Kier alpha value is -1.07. The lowest BCUT2D eigenvalue weighted by Crippen LogP contribution is -2.54. The molecule has 0 aromatic heterocycles. The molecule has 0 aliphatic heterocycles. The Balaban J connectivity index is 3.39. The Morgan fingerprint density at radius 2 is 1.71 bits per heavy atom. The van der Waals surface area contributed by atoms with Gasteiger partial charge in [0.05, 0.1) is 0 Å². The monoisotopic (exact) mass is 247 g/mol. The third-order valence-corrected chi connectivity index (χ3v) is 3.04. The summed E-state index contributed by atoms with van der Waals surface area (Å²) in [6.07, 6.45) is -4.80. The molecule has 1 rings (SSSR count). The molecule has 0 fully saturated rings. The van der Waals surface area contributed by atoms with E-state index in [2.05, 4.69) is 0 Å². The first-order chi connectivity index (χ1) is 7.60. The average molecular weight is 247 g/mol. The van der Waals surface area contributed by atoms with Crippen molar-refractivity contribution in [2.45, 2.75) is 38.6 Å². The highest BCUT2D eigenvalue weighted by atomic mass is 19.4. The van der Waals surface area contributed by atoms with Crippen LogP contribution in [-0.2, 0) is 5.60 Å². The smallest absolute Gasteiger partial charge is 0.375 e. The number of aliphatic hydroxyl groups is 1. The van der Waals surface area contributed by atoms with Crippen LogP contribution in [-0.4, -0.2) is 17.3 Å². The first-order valence-corrected chi connectivity index (χ1v) is 5.23. The molecule has 17 heavy (non-hydrogen) atoms. The van der Waals surface area contributed by atoms with Crippen LogP contribution >= 0.6 is 0 Å². The van der Waals surface area contributed by atoms with Gasteiger partial charge in [-0.2, -0.15) is 13.2 Å². The highest BCUT2D eigenvalue weighted by Crippen LogP contribution is 2.41. The van der Waals surface area contributed by atoms with Crippen LogP contribution in [0.4, 0.5) is 13.2 Å². The maximum absolute atomic E-state index is 12.9. The number of hydrogen-bond acceptors (Lipinski definition) is 2. The first-order valence-electron chi connectivity index (χ1n) is 5.23. The van der Waals surface area contributed by atoms with E-state index in [9.17, 15) is 18.3 Å². The second kappa shape index (κ2) is 4.31. The Morgan fingerprint density at radius 1 is 1.18 bits per heavy atom. The Morgan fingerprint density at radius 3 is 2.06 bits per heavy atom. The van der Waals surface area contributed by atoms with E-state index in [4.69, 9.17) is 5.73 Å². The van der Waals surface area contributed by atoms with Crippen LogP contribution in [0.15, 0.2) is 18.2 Å². The summed E-state index contributed by atoms with van der Waals surface area (Å²) in [6, 6.07) is 2.69. The Kier molecular flexibility index (Phi) is 3.55. The molecule has 0 spiro atoms. The SMILES string of the molecule is Cc1ccc(C(O)(C(C)N)C(F)(F)F)cc1C. The number of halogens is 3. The van der Waals surface area contributed by atoms with Gasteiger partial charge in [-0.1, -0.05) is 18.2 Å². The van der Waals surface area contributed by atoms with Gasteiger partial charge in [0, 0.05) is 6.04 Å². The van der Waals surface area contributed by atoms with E-state index in [1.165, 1.54) is 12.1 Å². The zero-order valence-electron chi connectivity index (χ0n) is 9.97. The maximum atomic E-state index is 12.9. The Labute approximate surface area is 98.3 Å². The zero-order chi connectivity index (χ0) is 13.4. The molecule has 5 heteroatoms. The van der Waals surface area contributed by atoms with Crippen molar-refractivity contribution in [2.24, 2.45) is 5.73 Å². The number of alkyl halides is 3. The van der Waals surface area contributed by atoms with Crippen molar-refractivity contribution < 1.29 is 18.3 Å². The highest BCUT2D eigenvalue weighted by Gasteiger charge is 2.57. The summed E-state index contributed by atoms with van der Waals surface area (Å²) in [6.45, 7) is 4.62. The van der Waals surface area contributed by atoms with E-state index in [1.54, 1.807) is 19.9 Å². The van der Waals surface area contributed by atoms with Gasteiger partial charge in [0.25, 0.3) is 0 Å². The molecule has 1 aromatic rings. The molecule has 3 N–H and O–H groups in total. The van der Waals surface area contributed by atoms with E-state index in [0.717, 1.165) is 12.5 Å². The summed E-state index contributed by atoms with van der Waals surface area (Å²) in [5.74, 6) is 0. The van der Waals surface area contributed by atoms with Crippen molar-refractivity contribution in [3.63, 3.8) is 0 Å². The topological polar surface area (TPSA) is 46.2 Å². The third-order valence-electron chi connectivity index (χ3n) is 3.04. The number of hydrogen-bond donors (Lipinski definition) is 2. The minimum absolute atomic E-state index is 0.219. The van der Waals surface area contributed by atoms with E-state index >= 15 is 0 Å². The van der Waals surface area contributed by atoms with Crippen LogP contribution in [0, 0.1) is 13.8 Å². The second-order valence-electron chi connectivity index (χ2n) is 4.35. The molecule has 0 amide bonds. The quantitative estimate of drug-likeness (QED) is 0.843. The van der Waals surface area contributed by atoms with Crippen molar-refractivity contribution >= 4 is 0 Å². The highest BCUT2D eigenvalue weighted by molar-refractivity contribution is 5.35. The average Bonchev–Trinajstić information content (AvgIpc) is 2.19. The number of rotatable bonds is 2. The van der Waals surface area contributed by atoms with Crippen molar-refractivity contribution in [2.75, 3.05) is 0 Å². The van der Waals surface area contributed by atoms with Gasteiger partial charge in [0.15, 0.2) is 0 Å². The summed E-state index contributed by atoms with van der Waals surface area (Å²) in [5.41, 5.74) is 3.63. The van der Waals surface area contributed by atoms with Gasteiger partial charge in [-0.25, -0.2) is 0 Å². The molecule has 0 saturated heterocycles. The van der Waals surface area contributed by atoms with E-state index in [-0.39, 0.29) is 5.56 Å². The standard InChI is InChI=1S/C12H16F3NO/c1-7-4-5-10(6-8(7)2)11(17,9(3)16)12(13,14)15/h4-6,9,17H,16H2,1-3H3. The minimum Gasteiger partial charge on any atom is -0.375 e. The molecule has 1 aromatic carbocycles. The van der Waals surface area contributed by atoms with Crippen molar-refractivity contribution in [3.8, 4) is 0 Å². The van der Waals surface area contributed by atoms with Crippen LogP contribution in [0.1, 0.15) is 23.6 Å². The van der Waals surface area contributed by atoms with Gasteiger partial charge < -0.3 is 10.8 Å². The van der Waals surface area contributed by atoms with Gasteiger partial charge in [-0.05, 0) is 37.5 Å².